The highest BCUT2D eigenvalue weighted by molar-refractivity contribution is 7.25. The second-order valence-corrected chi connectivity index (χ2v) is 8.41. The molecule has 0 radical (unpaired) electrons. The number of hydrogen-bond donors (Lipinski definition) is 0. The molecule has 0 bridgehead atoms. The van der Waals surface area contributed by atoms with Crippen LogP contribution < -0.4 is 4.74 Å². The minimum absolute atomic E-state index is 0.207. The SMILES string of the molecule is COc1ccc(C2CC(=O)C=C(c3ccc4c(c3)sc3ccccc34)C2)cc1. The van der Waals surface area contributed by atoms with Crippen LogP contribution in [0.25, 0.3) is 25.7 Å². The number of carbonyl (C=O) groups is 1. The summed E-state index contributed by atoms with van der Waals surface area (Å²) in [6, 6.07) is 23.2. The van der Waals surface area contributed by atoms with Crippen LogP contribution in [-0.2, 0) is 4.79 Å². The highest BCUT2D eigenvalue weighted by atomic mass is 32.1. The van der Waals surface area contributed by atoms with E-state index in [9.17, 15) is 4.79 Å². The summed E-state index contributed by atoms with van der Waals surface area (Å²) in [4.78, 5) is 12.5. The van der Waals surface area contributed by atoms with Crippen LogP contribution in [0.3, 0.4) is 0 Å². The molecule has 138 valence electrons. The van der Waals surface area contributed by atoms with Gasteiger partial charge in [-0.25, -0.2) is 0 Å². The first kappa shape index (κ1) is 17.2. The van der Waals surface area contributed by atoms with Crippen LogP contribution in [0.1, 0.15) is 29.9 Å². The number of allylic oxidation sites excluding steroid dienone is 2. The monoisotopic (exact) mass is 384 g/mol. The molecular weight excluding hydrogens is 364 g/mol. The van der Waals surface area contributed by atoms with Crippen LogP contribution in [0.4, 0.5) is 0 Å². The van der Waals surface area contributed by atoms with Gasteiger partial charge in [0.1, 0.15) is 5.75 Å². The summed E-state index contributed by atoms with van der Waals surface area (Å²) in [5.74, 6) is 1.27. The Labute approximate surface area is 168 Å². The normalized spacial score (nSPS) is 17.1. The number of ketones is 1. The molecule has 0 N–H and O–H groups in total. The number of hydrogen-bond acceptors (Lipinski definition) is 3. The van der Waals surface area contributed by atoms with Crippen LogP contribution >= 0.6 is 11.3 Å². The maximum atomic E-state index is 12.5. The molecule has 1 aliphatic carbocycles. The fourth-order valence-electron chi connectivity index (χ4n) is 4.13. The Bertz CT molecular complexity index is 1210. The standard InChI is InChI=1S/C25H20O2S/c1-27-21-9-6-16(7-10-21)18-12-19(14-20(26)13-18)17-8-11-23-22-4-2-3-5-24(22)28-25(23)15-17/h2-11,14-15,18H,12-13H2,1H3. The average Bonchev–Trinajstić information content (AvgIpc) is 3.11. The minimum Gasteiger partial charge on any atom is -0.497 e. The molecule has 1 aliphatic rings. The molecular formula is C25H20O2S. The summed E-state index contributed by atoms with van der Waals surface area (Å²) < 4.78 is 7.84. The van der Waals surface area contributed by atoms with Crippen LogP contribution in [-0.4, -0.2) is 12.9 Å². The maximum Gasteiger partial charge on any atom is 0.156 e. The largest absolute Gasteiger partial charge is 0.497 e. The van der Waals surface area contributed by atoms with Crippen LogP contribution in [0.15, 0.2) is 72.8 Å². The number of ether oxygens (including phenoxy) is 1. The van der Waals surface area contributed by atoms with Gasteiger partial charge in [-0.3, -0.25) is 4.79 Å². The van der Waals surface area contributed by atoms with Crippen molar-refractivity contribution in [3.8, 4) is 5.75 Å². The summed E-state index contributed by atoms with van der Waals surface area (Å²) >= 11 is 1.82. The Hall–Kier alpha value is -2.91. The molecule has 1 heterocycles. The highest BCUT2D eigenvalue weighted by Gasteiger charge is 2.23. The van der Waals surface area contributed by atoms with E-state index < -0.39 is 0 Å². The third kappa shape index (κ3) is 3.02. The topological polar surface area (TPSA) is 26.3 Å². The van der Waals surface area contributed by atoms with Gasteiger partial charge in [-0.05, 0) is 59.4 Å². The van der Waals surface area contributed by atoms with Crippen molar-refractivity contribution in [2.75, 3.05) is 7.11 Å². The van der Waals surface area contributed by atoms with Gasteiger partial charge in [-0.2, -0.15) is 0 Å². The molecule has 0 saturated heterocycles. The summed E-state index contributed by atoms with van der Waals surface area (Å²) in [5.41, 5.74) is 3.49. The third-order valence-corrected chi connectivity index (χ3v) is 6.72. The summed E-state index contributed by atoms with van der Waals surface area (Å²) in [5, 5.41) is 2.60. The Balaban J connectivity index is 1.50. The van der Waals surface area contributed by atoms with Gasteiger partial charge in [0.05, 0.1) is 7.11 Å². The Kier molecular flexibility index (Phi) is 4.25. The lowest BCUT2D eigenvalue weighted by Crippen LogP contribution is -2.12. The van der Waals surface area contributed by atoms with E-state index in [1.807, 2.05) is 29.5 Å². The maximum absolute atomic E-state index is 12.5. The van der Waals surface area contributed by atoms with Gasteiger partial charge in [0.2, 0.25) is 0 Å². The smallest absolute Gasteiger partial charge is 0.156 e. The molecule has 3 heteroatoms. The lowest BCUT2D eigenvalue weighted by molar-refractivity contribution is -0.115. The van der Waals surface area contributed by atoms with E-state index >= 15 is 0 Å². The molecule has 0 spiro atoms. The number of carbonyl (C=O) groups excluding carboxylic acids is 1. The van der Waals surface area contributed by atoms with Crippen molar-refractivity contribution in [1.82, 2.24) is 0 Å². The summed E-state index contributed by atoms with van der Waals surface area (Å²) in [7, 11) is 1.67. The third-order valence-electron chi connectivity index (χ3n) is 5.59. The fourth-order valence-corrected chi connectivity index (χ4v) is 5.28. The second kappa shape index (κ2) is 6.92. The molecule has 1 atom stereocenters. The van der Waals surface area contributed by atoms with Crippen LogP contribution in [0, 0.1) is 0 Å². The van der Waals surface area contributed by atoms with Crippen molar-refractivity contribution in [1.29, 1.82) is 0 Å². The quantitative estimate of drug-likeness (QED) is 0.398. The van der Waals surface area contributed by atoms with E-state index in [-0.39, 0.29) is 11.7 Å². The van der Waals surface area contributed by atoms with Crippen molar-refractivity contribution < 1.29 is 9.53 Å². The molecule has 28 heavy (non-hydrogen) atoms. The lowest BCUT2D eigenvalue weighted by Gasteiger charge is -2.23. The van der Waals surface area contributed by atoms with Gasteiger partial charge >= 0.3 is 0 Å². The molecule has 2 nitrogen and oxygen atoms in total. The number of methoxy groups -OCH3 is 1. The van der Waals surface area contributed by atoms with Gasteiger partial charge in [0, 0.05) is 26.6 Å². The Morgan fingerprint density at radius 1 is 0.893 bits per heavy atom. The zero-order chi connectivity index (χ0) is 19.1. The van der Waals surface area contributed by atoms with Crippen molar-refractivity contribution in [2.24, 2.45) is 0 Å². The highest BCUT2D eigenvalue weighted by Crippen LogP contribution is 2.39. The number of thiophene rings is 1. The van der Waals surface area contributed by atoms with E-state index in [4.69, 9.17) is 4.74 Å². The first-order chi connectivity index (χ1) is 13.7. The van der Waals surface area contributed by atoms with Gasteiger partial charge in [0.25, 0.3) is 0 Å². The Morgan fingerprint density at radius 3 is 2.50 bits per heavy atom. The van der Waals surface area contributed by atoms with Crippen molar-refractivity contribution in [3.05, 3.63) is 83.9 Å². The molecule has 0 fully saturated rings. The number of fused-ring (bicyclic) bond motifs is 3. The number of benzene rings is 3. The number of rotatable bonds is 3. The first-order valence-electron chi connectivity index (χ1n) is 9.50. The summed E-state index contributed by atoms with van der Waals surface area (Å²) in [6.45, 7) is 0. The predicted molar refractivity (Wildman–Crippen MR) is 117 cm³/mol. The van der Waals surface area contributed by atoms with Gasteiger partial charge in [0.15, 0.2) is 5.78 Å². The molecule has 0 saturated carbocycles. The lowest BCUT2D eigenvalue weighted by atomic mass is 9.81. The second-order valence-electron chi connectivity index (χ2n) is 7.32. The molecule has 1 aromatic heterocycles. The predicted octanol–water partition coefficient (Wildman–Crippen LogP) is 6.59. The van der Waals surface area contributed by atoms with Crippen molar-refractivity contribution >= 4 is 42.9 Å². The molecule has 0 aliphatic heterocycles. The van der Waals surface area contributed by atoms with Crippen LogP contribution in [0.2, 0.25) is 0 Å². The minimum atomic E-state index is 0.207. The molecule has 0 amide bonds. The van der Waals surface area contributed by atoms with Gasteiger partial charge in [-0.1, -0.05) is 42.5 Å². The van der Waals surface area contributed by atoms with Gasteiger partial charge < -0.3 is 4.74 Å². The molecule has 5 rings (SSSR count). The average molecular weight is 385 g/mol. The summed E-state index contributed by atoms with van der Waals surface area (Å²) in [6.07, 6.45) is 3.30. The first-order valence-corrected chi connectivity index (χ1v) is 10.3. The van der Waals surface area contributed by atoms with Crippen molar-refractivity contribution in [3.63, 3.8) is 0 Å². The van der Waals surface area contributed by atoms with E-state index in [0.717, 1.165) is 23.3 Å². The fraction of sp³-hybridized carbons (Fsp3) is 0.160. The zero-order valence-corrected chi connectivity index (χ0v) is 16.5. The van der Waals surface area contributed by atoms with E-state index in [2.05, 4.69) is 54.6 Å². The molecule has 4 aromatic rings. The van der Waals surface area contributed by atoms with E-state index in [1.165, 1.54) is 25.7 Å². The molecule has 3 aromatic carbocycles. The molecule has 1 unspecified atom stereocenters. The van der Waals surface area contributed by atoms with Crippen molar-refractivity contribution in [2.45, 2.75) is 18.8 Å². The Morgan fingerprint density at radius 2 is 1.68 bits per heavy atom. The van der Waals surface area contributed by atoms with E-state index in [0.29, 0.717) is 6.42 Å². The van der Waals surface area contributed by atoms with Gasteiger partial charge in [-0.15, -0.1) is 11.3 Å². The van der Waals surface area contributed by atoms with Crippen LogP contribution in [0.5, 0.6) is 5.75 Å². The van der Waals surface area contributed by atoms with E-state index in [1.54, 1.807) is 7.11 Å². The zero-order valence-electron chi connectivity index (χ0n) is 15.6.